The average Bonchev–Trinajstić information content (AvgIpc) is 3.56. The van der Waals surface area contributed by atoms with Gasteiger partial charge in [0.2, 0.25) is 5.91 Å². The third kappa shape index (κ3) is 5.37. The third-order valence-corrected chi connectivity index (χ3v) is 6.32. The number of aryl methyl sites for hydroxylation is 1. The predicted octanol–water partition coefficient (Wildman–Crippen LogP) is 4.14. The molecule has 0 aliphatic heterocycles. The van der Waals surface area contributed by atoms with Crippen LogP contribution in [-0.2, 0) is 17.9 Å². The molecule has 7 nitrogen and oxygen atoms in total. The maximum absolute atomic E-state index is 12.7. The van der Waals surface area contributed by atoms with Crippen LogP contribution in [0.3, 0.4) is 0 Å². The van der Waals surface area contributed by atoms with Crippen molar-refractivity contribution in [2.45, 2.75) is 50.9 Å². The van der Waals surface area contributed by atoms with Crippen molar-refractivity contribution in [3.63, 3.8) is 0 Å². The molecular formula is C24H27N5O2S. The molecule has 1 heterocycles. The Bertz CT molecular complexity index is 1110. The van der Waals surface area contributed by atoms with Crippen molar-refractivity contribution in [3.8, 4) is 0 Å². The summed E-state index contributed by atoms with van der Waals surface area (Å²) >= 11 is 1.36. The van der Waals surface area contributed by atoms with Crippen LogP contribution in [0.15, 0.2) is 53.7 Å². The second-order valence-electron chi connectivity index (χ2n) is 7.91. The molecule has 8 heteroatoms. The maximum Gasteiger partial charge on any atom is 0.253 e. The summed E-state index contributed by atoms with van der Waals surface area (Å²) in [5.41, 5.74) is 3.13. The number of thioether (sulfide) groups is 1. The summed E-state index contributed by atoms with van der Waals surface area (Å²) in [6, 6.07) is 15.0. The minimum absolute atomic E-state index is 0.188. The van der Waals surface area contributed by atoms with Crippen molar-refractivity contribution in [1.82, 2.24) is 20.1 Å². The summed E-state index contributed by atoms with van der Waals surface area (Å²) in [5.74, 6) is 1.31. The highest BCUT2D eigenvalue weighted by atomic mass is 32.2. The molecule has 2 N–H and O–H groups in total. The zero-order valence-electron chi connectivity index (χ0n) is 18.3. The average molecular weight is 450 g/mol. The fourth-order valence-electron chi connectivity index (χ4n) is 3.44. The Hall–Kier alpha value is -3.13. The van der Waals surface area contributed by atoms with Gasteiger partial charge in [0, 0.05) is 19.0 Å². The van der Waals surface area contributed by atoms with E-state index < -0.39 is 0 Å². The first kappa shape index (κ1) is 22.1. The van der Waals surface area contributed by atoms with E-state index in [1.807, 2.05) is 31.2 Å². The number of para-hydroxylation sites is 1. The molecule has 166 valence electrons. The lowest BCUT2D eigenvalue weighted by Crippen LogP contribution is -2.25. The molecule has 1 saturated carbocycles. The Balaban J connectivity index is 1.35. The second kappa shape index (κ2) is 9.99. The molecule has 0 saturated heterocycles. The van der Waals surface area contributed by atoms with Gasteiger partial charge in [0.1, 0.15) is 5.82 Å². The lowest BCUT2D eigenvalue weighted by atomic mass is 10.1. The highest BCUT2D eigenvalue weighted by Crippen LogP contribution is 2.40. The molecule has 1 aliphatic rings. The largest absolute Gasteiger partial charge is 0.348 e. The van der Waals surface area contributed by atoms with Crippen molar-refractivity contribution in [2.24, 2.45) is 0 Å². The van der Waals surface area contributed by atoms with Crippen LogP contribution in [0.2, 0.25) is 0 Å². The number of carbonyl (C=O) groups is 2. The molecule has 0 bridgehead atoms. The van der Waals surface area contributed by atoms with E-state index in [9.17, 15) is 9.59 Å². The van der Waals surface area contributed by atoms with E-state index in [0.29, 0.717) is 23.7 Å². The number of carbonyl (C=O) groups excluding carboxylic acids is 2. The van der Waals surface area contributed by atoms with Gasteiger partial charge >= 0.3 is 0 Å². The van der Waals surface area contributed by atoms with Crippen LogP contribution in [0.25, 0.3) is 0 Å². The van der Waals surface area contributed by atoms with Crippen LogP contribution in [-0.4, -0.2) is 32.3 Å². The summed E-state index contributed by atoms with van der Waals surface area (Å²) < 4.78 is 2.09. The number of amides is 2. The van der Waals surface area contributed by atoms with E-state index in [2.05, 4.69) is 32.3 Å². The van der Waals surface area contributed by atoms with Gasteiger partial charge in [-0.3, -0.25) is 9.59 Å². The molecule has 2 aromatic carbocycles. The lowest BCUT2D eigenvalue weighted by molar-refractivity contribution is -0.113. The van der Waals surface area contributed by atoms with Crippen LogP contribution in [0, 0.1) is 6.92 Å². The van der Waals surface area contributed by atoms with Crippen LogP contribution in [0.4, 0.5) is 5.69 Å². The first-order valence-electron chi connectivity index (χ1n) is 10.8. The highest BCUT2D eigenvalue weighted by molar-refractivity contribution is 7.99. The van der Waals surface area contributed by atoms with E-state index in [-0.39, 0.29) is 17.6 Å². The topological polar surface area (TPSA) is 88.9 Å². The zero-order valence-corrected chi connectivity index (χ0v) is 19.1. The fourth-order valence-corrected chi connectivity index (χ4v) is 4.25. The number of anilines is 1. The SMILES string of the molecule is CCn1c(SCC(=O)Nc2ccccc2C(=O)NCc2ccc(C)cc2)nnc1C1CC1. The smallest absolute Gasteiger partial charge is 0.253 e. The van der Waals surface area contributed by atoms with Gasteiger partial charge in [0.05, 0.1) is 17.0 Å². The Morgan fingerprint density at radius 2 is 1.84 bits per heavy atom. The quantitative estimate of drug-likeness (QED) is 0.479. The summed E-state index contributed by atoms with van der Waals surface area (Å²) in [6.45, 7) is 5.29. The molecule has 0 spiro atoms. The van der Waals surface area contributed by atoms with Crippen molar-refractivity contribution < 1.29 is 9.59 Å². The Labute approximate surface area is 192 Å². The molecule has 2 amide bonds. The van der Waals surface area contributed by atoms with E-state index >= 15 is 0 Å². The van der Waals surface area contributed by atoms with Gasteiger partial charge in [-0.15, -0.1) is 10.2 Å². The summed E-state index contributed by atoms with van der Waals surface area (Å²) in [6.07, 6.45) is 2.32. The van der Waals surface area contributed by atoms with Crippen molar-refractivity contribution in [2.75, 3.05) is 11.1 Å². The van der Waals surface area contributed by atoms with Crippen LogP contribution in [0.1, 0.15) is 53.0 Å². The number of aromatic nitrogens is 3. The van der Waals surface area contributed by atoms with Gasteiger partial charge in [-0.05, 0) is 44.4 Å². The summed E-state index contributed by atoms with van der Waals surface area (Å²) in [7, 11) is 0. The first-order chi connectivity index (χ1) is 15.5. The zero-order chi connectivity index (χ0) is 22.5. The number of hydrogen-bond acceptors (Lipinski definition) is 5. The third-order valence-electron chi connectivity index (χ3n) is 5.36. The Morgan fingerprint density at radius 1 is 1.09 bits per heavy atom. The number of nitrogens with zero attached hydrogens (tertiary/aromatic N) is 3. The number of hydrogen-bond donors (Lipinski definition) is 2. The standard InChI is InChI=1S/C24H27N5O2S/c1-3-29-22(18-12-13-18)27-28-24(29)32-15-21(30)26-20-7-5-4-6-19(20)23(31)25-14-17-10-8-16(2)9-11-17/h4-11,18H,3,12-15H2,1-2H3,(H,25,31)(H,26,30). The monoisotopic (exact) mass is 449 g/mol. The van der Waals surface area contributed by atoms with E-state index in [1.54, 1.807) is 24.3 Å². The van der Waals surface area contributed by atoms with Crippen LogP contribution < -0.4 is 10.6 Å². The lowest BCUT2D eigenvalue weighted by Gasteiger charge is -2.12. The van der Waals surface area contributed by atoms with E-state index in [0.717, 1.165) is 35.9 Å². The van der Waals surface area contributed by atoms with Gasteiger partial charge in [0.25, 0.3) is 5.91 Å². The van der Waals surface area contributed by atoms with Crippen LogP contribution >= 0.6 is 11.8 Å². The molecular weight excluding hydrogens is 422 g/mol. The minimum atomic E-state index is -0.228. The molecule has 1 aliphatic carbocycles. The van der Waals surface area contributed by atoms with E-state index in [4.69, 9.17) is 0 Å². The predicted molar refractivity (Wildman–Crippen MR) is 126 cm³/mol. The molecule has 1 aromatic heterocycles. The molecule has 32 heavy (non-hydrogen) atoms. The number of nitrogens with one attached hydrogen (secondary N) is 2. The van der Waals surface area contributed by atoms with Gasteiger partial charge in [-0.25, -0.2) is 0 Å². The molecule has 0 unspecified atom stereocenters. The van der Waals surface area contributed by atoms with Crippen molar-refractivity contribution in [1.29, 1.82) is 0 Å². The van der Waals surface area contributed by atoms with Gasteiger partial charge < -0.3 is 15.2 Å². The van der Waals surface area contributed by atoms with Crippen molar-refractivity contribution >= 4 is 29.3 Å². The highest BCUT2D eigenvalue weighted by Gasteiger charge is 2.30. The van der Waals surface area contributed by atoms with Gasteiger partial charge in [0.15, 0.2) is 5.16 Å². The molecule has 3 aromatic rings. The molecule has 0 atom stereocenters. The molecule has 1 fully saturated rings. The molecule has 4 rings (SSSR count). The van der Waals surface area contributed by atoms with Crippen LogP contribution in [0.5, 0.6) is 0 Å². The Kier molecular flexibility index (Phi) is 6.90. The molecule has 0 radical (unpaired) electrons. The number of rotatable bonds is 9. The maximum atomic E-state index is 12.7. The van der Waals surface area contributed by atoms with Crippen molar-refractivity contribution in [3.05, 3.63) is 71.0 Å². The fraction of sp³-hybridized carbons (Fsp3) is 0.333. The number of benzene rings is 2. The van der Waals surface area contributed by atoms with E-state index in [1.165, 1.54) is 17.3 Å². The first-order valence-corrected chi connectivity index (χ1v) is 11.8. The Morgan fingerprint density at radius 3 is 2.56 bits per heavy atom. The second-order valence-corrected chi connectivity index (χ2v) is 8.85. The van der Waals surface area contributed by atoms with Gasteiger partial charge in [-0.1, -0.05) is 53.7 Å². The summed E-state index contributed by atoms with van der Waals surface area (Å²) in [4.78, 5) is 25.3. The summed E-state index contributed by atoms with van der Waals surface area (Å²) in [5, 5.41) is 15.1. The normalized spacial score (nSPS) is 13.1. The van der Waals surface area contributed by atoms with Gasteiger partial charge in [-0.2, -0.15) is 0 Å². The minimum Gasteiger partial charge on any atom is -0.348 e.